The molecular formula is C52H34N6O. The van der Waals surface area contributed by atoms with Gasteiger partial charge in [0.05, 0.1) is 33.3 Å². The standard InChI is InChI=1S/C52H34N6O/c1-3-5-18-36(4-2)56-42-21-12-11-20-38(42)40-30-34(25-28-43(40)56)35-26-29-46-41(31-35)49-50(59-46)55-52-57(49)44-22-13-14-23-45(44)58(52)51-53-47(33-16-7-6-8-17-33)39-27-24-32-15-9-10-19-37(32)48(39)54-51/h3-31H,2H2,1H3/b5-3-,36-18+. The van der Waals surface area contributed by atoms with Crippen LogP contribution < -0.4 is 0 Å². The van der Waals surface area contributed by atoms with Crippen molar-refractivity contribution in [3.63, 3.8) is 0 Å². The summed E-state index contributed by atoms with van der Waals surface area (Å²) in [5.41, 5.74) is 12.4. The largest absolute Gasteiger partial charge is 0.436 e. The molecule has 5 heterocycles. The van der Waals surface area contributed by atoms with E-state index in [4.69, 9.17) is 19.4 Å². The van der Waals surface area contributed by atoms with E-state index in [9.17, 15) is 0 Å². The summed E-state index contributed by atoms with van der Waals surface area (Å²) >= 11 is 0. The van der Waals surface area contributed by atoms with Gasteiger partial charge < -0.3 is 8.98 Å². The number of para-hydroxylation sites is 3. The lowest BCUT2D eigenvalue weighted by atomic mass is 10.0. The monoisotopic (exact) mass is 758 g/mol. The van der Waals surface area contributed by atoms with Gasteiger partial charge in [-0.1, -0.05) is 122 Å². The zero-order chi connectivity index (χ0) is 39.2. The second kappa shape index (κ2) is 12.7. The molecule has 0 saturated carbocycles. The summed E-state index contributed by atoms with van der Waals surface area (Å²) in [7, 11) is 0. The van der Waals surface area contributed by atoms with Gasteiger partial charge in [-0.25, -0.2) is 14.5 Å². The van der Waals surface area contributed by atoms with Crippen LogP contribution in [-0.4, -0.2) is 28.5 Å². The van der Waals surface area contributed by atoms with Gasteiger partial charge in [-0.3, -0.25) is 4.40 Å². The fourth-order valence-electron chi connectivity index (χ4n) is 8.94. The highest BCUT2D eigenvalue weighted by atomic mass is 16.3. The van der Waals surface area contributed by atoms with Gasteiger partial charge in [0.1, 0.15) is 11.1 Å². The highest BCUT2D eigenvalue weighted by Gasteiger charge is 2.24. The number of allylic oxidation sites excluding steroid dienone is 5. The first-order chi connectivity index (χ1) is 29.2. The fourth-order valence-corrected chi connectivity index (χ4v) is 8.94. The van der Waals surface area contributed by atoms with E-state index in [-0.39, 0.29) is 0 Å². The average molecular weight is 759 g/mol. The Morgan fingerprint density at radius 3 is 2.14 bits per heavy atom. The predicted octanol–water partition coefficient (Wildman–Crippen LogP) is 13.3. The van der Waals surface area contributed by atoms with Crippen molar-refractivity contribution in [1.29, 1.82) is 0 Å². The lowest BCUT2D eigenvalue weighted by molar-refractivity contribution is 0.656. The van der Waals surface area contributed by atoms with E-state index in [1.165, 1.54) is 10.8 Å². The third-order valence-electron chi connectivity index (χ3n) is 11.6. The Balaban J connectivity index is 1.09. The molecule has 0 saturated heterocycles. The van der Waals surface area contributed by atoms with Crippen molar-refractivity contribution in [2.45, 2.75) is 6.92 Å². The van der Waals surface area contributed by atoms with Crippen LogP contribution >= 0.6 is 0 Å². The van der Waals surface area contributed by atoms with Crippen LogP contribution in [0.1, 0.15) is 6.92 Å². The highest BCUT2D eigenvalue weighted by molar-refractivity contribution is 6.13. The van der Waals surface area contributed by atoms with Crippen molar-refractivity contribution in [3.05, 3.63) is 183 Å². The third-order valence-corrected chi connectivity index (χ3v) is 11.6. The van der Waals surface area contributed by atoms with Crippen LogP contribution in [0.4, 0.5) is 0 Å². The van der Waals surface area contributed by atoms with Crippen LogP contribution in [0.3, 0.4) is 0 Å². The van der Waals surface area contributed by atoms with Gasteiger partial charge in [-0.05, 0) is 84.1 Å². The molecule has 0 spiro atoms. The summed E-state index contributed by atoms with van der Waals surface area (Å²) in [6.45, 7) is 6.17. The molecular weight excluding hydrogens is 725 g/mol. The molecule has 0 aliphatic rings. The van der Waals surface area contributed by atoms with Gasteiger partial charge in [0.25, 0.3) is 0 Å². The van der Waals surface area contributed by atoms with Crippen LogP contribution in [0.2, 0.25) is 0 Å². The van der Waals surface area contributed by atoms with E-state index in [2.05, 4.69) is 166 Å². The normalized spacial score (nSPS) is 12.6. The van der Waals surface area contributed by atoms with Gasteiger partial charge in [-0.2, -0.15) is 4.98 Å². The number of furan rings is 1. The number of hydrogen-bond acceptors (Lipinski definition) is 4. The molecule has 59 heavy (non-hydrogen) atoms. The zero-order valence-corrected chi connectivity index (χ0v) is 32.0. The Morgan fingerprint density at radius 1 is 0.593 bits per heavy atom. The maximum atomic E-state index is 6.54. The quantitative estimate of drug-likeness (QED) is 0.125. The van der Waals surface area contributed by atoms with Crippen molar-refractivity contribution >= 4 is 88.2 Å². The molecule has 12 aromatic rings. The summed E-state index contributed by atoms with van der Waals surface area (Å²) in [6.07, 6.45) is 8.10. The molecule has 0 atom stereocenters. The van der Waals surface area contributed by atoms with Gasteiger partial charge >= 0.3 is 0 Å². The number of fused-ring (bicyclic) bond motifs is 13. The van der Waals surface area contributed by atoms with Crippen LogP contribution in [0.25, 0.3) is 117 Å². The summed E-state index contributed by atoms with van der Waals surface area (Å²) in [5, 5.41) is 6.54. The second-order valence-electron chi connectivity index (χ2n) is 14.9. The van der Waals surface area contributed by atoms with Gasteiger partial charge in [0, 0.05) is 38.2 Å². The van der Waals surface area contributed by atoms with E-state index in [0.29, 0.717) is 17.4 Å². The van der Waals surface area contributed by atoms with Crippen LogP contribution in [0, 0.1) is 0 Å². The van der Waals surface area contributed by atoms with Crippen molar-refractivity contribution in [1.82, 2.24) is 28.5 Å². The molecule has 7 nitrogen and oxygen atoms in total. The lowest BCUT2D eigenvalue weighted by Crippen LogP contribution is -2.04. The van der Waals surface area contributed by atoms with E-state index < -0.39 is 0 Å². The first kappa shape index (κ1) is 33.1. The molecule has 0 fully saturated rings. The average Bonchev–Trinajstić information content (AvgIpc) is 4.02. The summed E-state index contributed by atoms with van der Waals surface area (Å²) in [4.78, 5) is 15.9. The minimum atomic E-state index is 0.546. The van der Waals surface area contributed by atoms with E-state index in [1.54, 1.807) is 0 Å². The number of imidazole rings is 2. The molecule has 0 aliphatic heterocycles. The third kappa shape index (κ3) is 4.85. The van der Waals surface area contributed by atoms with Crippen molar-refractivity contribution in [2.75, 3.05) is 0 Å². The maximum Gasteiger partial charge on any atom is 0.248 e. The van der Waals surface area contributed by atoms with Gasteiger partial charge in [0.15, 0.2) is 0 Å². The summed E-state index contributed by atoms with van der Waals surface area (Å²) < 4.78 is 13.1. The van der Waals surface area contributed by atoms with Crippen LogP contribution in [-0.2, 0) is 0 Å². The molecule has 7 heteroatoms. The van der Waals surface area contributed by atoms with Crippen LogP contribution in [0.5, 0.6) is 0 Å². The molecule has 0 aliphatic carbocycles. The molecule has 0 unspecified atom stereocenters. The Kier molecular flexibility index (Phi) is 7.16. The zero-order valence-electron chi connectivity index (χ0n) is 32.0. The Bertz CT molecular complexity index is 3760. The van der Waals surface area contributed by atoms with E-state index in [0.717, 1.165) is 88.3 Å². The number of hydrogen-bond donors (Lipinski definition) is 0. The van der Waals surface area contributed by atoms with Crippen molar-refractivity contribution in [3.8, 4) is 28.3 Å². The summed E-state index contributed by atoms with van der Waals surface area (Å²) in [6, 6.07) is 53.1. The number of rotatable bonds is 6. The Labute approximate surface area is 337 Å². The van der Waals surface area contributed by atoms with E-state index >= 15 is 0 Å². The van der Waals surface area contributed by atoms with Gasteiger partial charge in [0.2, 0.25) is 17.4 Å². The number of nitrogens with zero attached hydrogens (tertiary/aromatic N) is 6. The minimum Gasteiger partial charge on any atom is -0.436 e. The predicted molar refractivity (Wildman–Crippen MR) is 243 cm³/mol. The van der Waals surface area contributed by atoms with Crippen LogP contribution in [0.15, 0.2) is 187 Å². The first-order valence-corrected chi connectivity index (χ1v) is 19.8. The first-order valence-electron chi connectivity index (χ1n) is 19.8. The topological polar surface area (TPSA) is 66.1 Å². The molecule has 7 aromatic carbocycles. The number of benzene rings is 7. The lowest BCUT2D eigenvalue weighted by Gasteiger charge is -2.12. The minimum absolute atomic E-state index is 0.546. The summed E-state index contributed by atoms with van der Waals surface area (Å²) in [5.74, 6) is 1.23. The second-order valence-corrected chi connectivity index (χ2v) is 14.9. The highest BCUT2D eigenvalue weighted by Crippen LogP contribution is 2.40. The molecule has 0 radical (unpaired) electrons. The SMILES string of the molecule is C=C/C(=C\C=C/C)n1c2ccccc2c2cc(-c3ccc4oc5nc6n(-c7nc(-c8ccccc8)c8ccc9ccccc9c8n7)c7ccccc7n6c5c4c3)ccc21. The smallest absolute Gasteiger partial charge is 0.248 e. The van der Waals surface area contributed by atoms with Crippen molar-refractivity contribution < 1.29 is 4.42 Å². The molecule has 5 aromatic heterocycles. The maximum absolute atomic E-state index is 6.54. The molecule has 0 amide bonds. The van der Waals surface area contributed by atoms with Gasteiger partial charge in [-0.15, -0.1) is 0 Å². The molecule has 278 valence electrons. The molecule has 12 rings (SSSR count). The number of aromatic nitrogens is 6. The Morgan fingerprint density at radius 2 is 1.31 bits per heavy atom. The molecule has 0 N–H and O–H groups in total. The van der Waals surface area contributed by atoms with E-state index in [1.807, 2.05) is 37.3 Å². The molecule has 0 bridgehead atoms. The van der Waals surface area contributed by atoms with Crippen molar-refractivity contribution in [2.24, 2.45) is 0 Å². The fraction of sp³-hybridized carbons (Fsp3) is 0.0192. The Hall–Kier alpha value is -8.03.